The van der Waals surface area contributed by atoms with Gasteiger partial charge in [-0.05, 0) is 39.1 Å². The molecule has 96 valence electrons. The SMILES string of the molecule is COc1ccccc1CC(C)NCCN(C)C. The Balaban J connectivity index is 2.41. The maximum Gasteiger partial charge on any atom is 0.122 e. The smallest absolute Gasteiger partial charge is 0.122 e. The van der Waals surface area contributed by atoms with Crippen molar-refractivity contribution >= 4 is 0 Å². The molecule has 0 fully saturated rings. The lowest BCUT2D eigenvalue weighted by atomic mass is 10.1. The van der Waals surface area contributed by atoms with Crippen LogP contribution in [0.1, 0.15) is 12.5 Å². The molecule has 1 atom stereocenters. The highest BCUT2D eigenvalue weighted by molar-refractivity contribution is 5.33. The molecule has 3 heteroatoms. The average molecular weight is 236 g/mol. The number of likely N-dealkylation sites (N-methyl/N-ethyl adjacent to an activating group) is 1. The summed E-state index contributed by atoms with van der Waals surface area (Å²) in [7, 11) is 5.90. The van der Waals surface area contributed by atoms with Gasteiger partial charge in [0.1, 0.15) is 5.75 Å². The highest BCUT2D eigenvalue weighted by Crippen LogP contribution is 2.18. The second-order valence-corrected chi connectivity index (χ2v) is 4.67. The third kappa shape index (κ3) is 5.20. The molecule has 0 aliphatic heterocycles. The van der Waals surface area contributed by atoms with Crippen molar-refractivity contribution in [3.63, 3.8) is 0 Å². The first-order valence-corrected chi connectivity index (χ1v) is 6.13. The van der Waals surface area contributed by atoms with Crippen LogP contribution in [-0.2, 0) is 6.42 Å². The van der Waals surface area contributed by atoms with Crippen LogP contribution in [0.4, 0.5) is 0 Å². The van der Waals surface area contributed by atoms with E-state index in [-0.39, 0.29) is 0 Å². The second kappa shape index (κ2) is 7.30. The standard InChI is InChI=1S/C14H24N2O/c1-12(15-9-10-16(2)3)11-13-7-5-6-8-14(13)17-4/h5-8,12,15H,9-11H2,1-4H3. The quantitative estimate of drug-likeness (QED) is 0.781. The van der Waals surface area contributed by atoms with Crippen molar-refractivity contribution in [1.29, 1.82) is 0 Å². The molecule has 0 radical (unpaired) electrons. The zero-order valence-corrected chi connectivity index (χ0v) is 11.4. The van der Waals surface area contributed by atoms with E-state index in [1.54, 1.807) is 7.11 Å². The van der Waals surface area contributed by atoms with E-state index in [2.05, 4.69) is 43.4 Å². The first-order chi connectivity index (χ1) is 8.13. The highest BCUT2D eigenvalue weighted by atomic mass is 16.5. The molecule has 1 rings (SSSR count). The van der Waals surface area contributed by atoms with E-state index in [0.29, 0.717) is 6.04 Å². The van der Waals surface area contributed by atoms with Crippen LogP contribution in [-0.4, -0.2) is 45.2 Å². The van der Waals surface area contributed by atoms with Crippen molar-refractivity contribution in [2.45, 2.75) is 19.4 Å². The molecular formula is C14H24N2O. The van der Waals surface area contributed by atoms with Crippen molar-refractivity contribution < 1.29 is 4.74 Å². The maximum atomic E-state index is 5.35. The average Bonchev–Trinajstić information content (AvgIpc) is 2.29. The molecule has 0 amide bonds. The molecular weight excluding hydrogens is 212 g/mol. The van der Waals surface area contributed by atoms with Gasteiger partial charge in [-0.15, -0.1) is 0 Å². The summed E-state index contributed by atoms with van der Waals surface area (Å²) >= 11 is 0. The molecule has 0 heterocycles. The van der Waals surface area contributed by atoms with Crippen LogP contribution < -0.4 is 10.1 Å². The van der Waals surface area contributed by atoms with Crippen molar-refractivity contribution in [2.24, 2.45) is 0 Å². The van der Waals surface area contributed by atoms with Gasteiger partial charge in [-0.3, -0.25) is 0 Å². The number of nitrogens with zero attached hydrogens (tertiary/aromatic N) is 1. The second-order valence-electron chi connectivity index (χ2n) is 4.67. The number of nitrogens with one attached hydrogen (secondary N) is 1. The van der Waals surface area contributed by atoms with Gasteiger partial charge in [0.15, 0.2) is 0 Å². The van der Waals surface area contributed by atoms with E-state index in [0.717, 1.165) is 25.3 Å². The van der Waals surface area contributed by atoms with Crippen LogP contribution in [0.25, 0.3) is 0 Å². The van der Waals surface area contributed by atoms with Crippen LogP contribution in [0, 0.1) is 0 Å². The van der Waals surface area contributed by atoms with E-state index in [4.69, 9.17) is 4.74 Å². The Morgan fingerprint density at radius 1 is 1.29 bits per heavy atom. The summed E-state index contributed by atoms with van der Waals surface area (Å²) in [5, 5.41) is 3.52. The first kappa shape index (κ1) is 14.0. The summed E-state index contributed by atoms with van der Waals surface area (Å²) in [6.07, 6.45) is 0.997. The Kier molecular flexibility index (Phi) is 6.01. The Morgan fingerprint density at radius 3 is 2.65 bits per heavy atom. The molecule has 1 aromatic rings. The highest BCUT2D eigenvalue weighted by Gasteiger charge is 2.07. The van der Waals surface area contributed by atoms with E-state index in [1.807, 2.05) is 12.1 Å². The minimum Gasteiger partial charge on any atom is -0.496 e. The fraction of sp³-hybridized carbons (Fsp3) is 0.571. The van der Waals surface area contributed by atoms with Crippen molar-refractivity contribution in [2.75, 3.05) is 34.3 Å². The summed E-state index contributed by atoms with van der Waals surface area (Å²) in [6.45, 7) is 4.29. The van der Waals surface area contributed by atoms with E-state index in [1.165, 1.54) is 5.56 Å². The molecule has 0 aliphatic rings. The first-order valence-electron chi connectivity index (χ1n) is 6.13. The largest absolute Gasteiger partial charge is 0.496 e. The zero-order chi connectivity index (χ0) is 12.7. The molecule has 0 saturated heterocycles. The summed E-state index contributed by atoms with van der Waals surface area (Å²) < 4.78 is 5.35. The zero-order valence-electron chi connectivity index (χ0n) is 11.4. The minimum absolute atomic E-state index is 0.464. The molecule has 0 spiro atoms. The number of para-hydroxylation sites is 1. The lowest BCUT2D eigenvalue weighted by Gasteiger charge is -2.17. The fourth-order valence-corrected chi connectivity index (χ4v) is 1.81. The topological polar surface area (TPSA) is 24.5 Å². The number of hydrogen-bond acceptors (Lipinski definition) is 3. The minimum atomic E-state index is 0.464. The van der Waals surface area contributed by atoms with E-state index < -0.39 is 0 Å². The van der Waals surface area contributed by atoms with Crippen molar-refractivity contribution in [3.8, 4) is 5.75 Å². The van der Waals surface area contributed by atoms with Crippen LogP contribution in [0.3, 0.4) is 0 Å². The van der Waals surface area contributed by atoms with Gasteiger partial charge in [0.05, 0.1) is 7.11 Å². The Hall–Kier alpha value is -1.06. The van der Waals surface area contributed by atoms with Crippen molar-refractivity contribution in [1.82, 2.24) is 10.2 Å². The Labute approximate surface area is 105 Å². The molecule has 0 bridgehead atoms. The molecule has 17 heavy (non-hydrogen) atoms. The van der Waals surface area contributed by atoms with Gasteiger partial charge >= 0.3 is 0 Å². The molecule has 3 nitrogen and oxygen atoms in total. The number of rotatable bonds is 7. The summed E-state index contributed by atoms with van der Waals surface area (Å²) in [4.78, 5) is 2.18. The molecule has 1 aromatic carbocycles. The van der Waals surface area contributed by atoms with Crippen LogP contribution in [0.2, 0.25) is 0 Å². The Bertz CT molecular complexity index is 326. The van der Waals surface area contributed by atoms with E-state index >= 15 is 0 Å². The van der Waals surface area contributed by atoms with Gasteiger partial charge in [-0.25, -0.2) is 0 Å². The van der Waals surface area contributed by atoms with Gasteiger partial charge in [-0.2, -0.15) is 0 Å². The van der Waals surface area contributed by atoms with Crippen LogP contribution >= 0.6 is 0 Å². The van der Waals surface area contributed by atoms with Crippen molar-refractivity contribution in [3.05, 3.63) is 29.8 Å². The summed E-state index contributed by atoms with van der Waals surface area (Å²) in [5.41, 5.74) is 1.26. The normalized spacial score (nSPS) is 12.8. The third-order valence-electron chi connectivity index (χ3n) is 2.77. The number of hydrogen-bond donors (Lipinski definition) is 1. The van der Waals surface area contributed by atoms with Gasteiger partial charge in [-0.1, -0.05) is 18.2 Å². The lowest BCUT2D eigenvalue weighted by molar-refractivity contribution is 0.382. The summed E-state index contributed by atoms with van der Waals surface area (Å²) in [6, 6.07) is 8.67. The van der Waals surface area contributed by atoms with Gasteiger partial charge < -0.3 is 15.0 Å². The maximum absolute atomic E-state index is 5.35. The molecule has 1 N–H and O–H groups in total. The summed E-state index contributed by atoms with van der Waals surface area (Å²) in [5.74, 6) is 0.980. The van der Waals surface area contributed by atoms with Gasteiger partial charge in [0, 0.05) is 19.1 Å². The number of benzene rings is 1. The molecule has 0 saturated carbocycles. The lowest BCUT2D eigenvalue weighted by Crippen LogP contribution is -2.34. The van der Waals surface area contributed by atoms with Crippen LogP contribution in [0.5, 0.6) is 5.75 Å². The fourth-order valence-electron chi connectivity index (χ4n) is 1.81. The van der Waals surface area contributed by atoms with Gasteiger partial charge in [0.25, 0.3) is 0 Å². The Morgan fingerprint density at radius 2 is 2.00 bits per heavy atom. The monoisotopic (exact) mass is 236 g/mol. The predicted octanol–water partition coefficient (Wildman–Crippen LogP) is 1.78. The van der Waals surface area contributed by atoms with Gasteiger partial charge in [0.2, 0.25) is 0 Å². The number of methoxy groups -OCH3 is 1. The predicted molar refractivity (Wildman–Crippen MR) is 72.7 cm³/mol. The third-order valence-corrected chi connectivity index (χ3v) is 2.77. The molecule has 1 unspecified atom stereocenters. The van der Waals surface area contributed by atoms with Crippen LogP contribution in [0.15, 0.2) is 24.3 Å². The number of ether oxygens (including phenoxy) is 1. The molecule has 0 aliphatic carbocycles. The molecule has 0 aromatic heterocycles. The van der Waals surface area contributed by atoms with E-state index in [9.17, 15) is 0 Å².